The van der Waals surface area contributed by atoms with Gasteiger partial charge in [0.05, 0.1) is 6.61 Å². The molecule has 2 rings (SSSR count). The molecular formula is C10H12O2. The number of methoxy groups -OCH3 is 1. The number of benzene rings is 1. The predicted octanol–water partition coefficient (Wildman–Crippen LogP) is 1.77. The molecule has 1 aromatic rings. The van der Waals surface area contributed by atoms with Crippen molar-refractivity contribution in [3.05, 3.63) is 35.9 Å². The highest BCUT2D eigenvalue weighted by atomic mass is 16.6. The molecule has 0 aliphatic carbocycles. The number of hydrogen-bond acceptors (Lipinski definition) is 2. The Morgan fingerprint density at radius 2 is 2.08 bits per heavy atom. The minimum absolute atomic E-state index is 0.270. The largest absolute Gasteiger partial charge is 0.382 e. The summed E-state index contributed by atoms with van der Waals surface area (Å²) in [6.45, 7) is 0.694. The number of ether oxygens (including phenoxy) is 2. The predicted molar refractivity (Wildman–Crippen MR) is 45.9 cm³/mol. The van der Waals surface area contributed by atoms with Crippen molar-refractivity contribution in [2.24, 2.45) is 0 Å². The van der Waals surface area contributed by atoms with Gasteiger partial charge in [0, 0.05) is 7.11 Å². The molecule has 2 atom stereocenters. The van der Waals surface area contributed by atoms with Crippen LogP contribution in [0.3, 0.4) is 0 Å². The second kappa shape index (κ2) is 3.25. The average Bonchev–Trinajstić information content (AvgIpc) is 2.87. The Morgan fingerprint density at radius 3 is 2.75 bits per heavy atom. The summed E-state index contributed by atoms with van der Waals surface area (Å²) >= 11 is 0. The van der Waals surface area contributed by atoms with Gasteiger partial charge in [-0.2, -0.15) is 0 Å². The van der Waals surface area contributed by atoms with E-state index in [1.807, 2.05) is 18.2 Å². The third-order valence-corrected chi connectivity index (χ3v) is 2.04. The molecule has 12 heavy (non-hydrogen) atoms. The first-order valence-electron chi connectivity index (χ1n) is 4.11. The Labute approximate surface area is 72.1 Å². The van der Waals surface area contributed by atoms with Gasteiger partial charge in [0.1, 0.15) is 12.2 Å². The van der Waals surface area contributed by atoms with Crippen LogP contribution in [-0.2, 0) is 9.47 Å². The van der Waals surface area contributed by atoms with E-state index in [0.717, 1.165) is 0 Å². The molecule has 0 unspecified atom stereocenters. The zero-order valence-electron chi connectivity index (χ0n) is 7.07. The Hall–Kier alpha value is -0.860. The van der Waals surface area contributed by atoms with Gasteiger partial charge >= 0.3 is 0 Å². The molecule has 0 saturated carbocycles. The van der Waals surface area contributed by atoms with Gasteiger partial charge in [0.25, 0.3) is 0 Å². The van der Waals surface area contributed by atoms with E-state index in [9.17, 15) is 0 Å². The number of hydrogen-bond donors (Lipinski definition) is 0. The Balaban J connectivity index is 1.97. The third kappa shape index (κ3) is 1.49. The molecule has 1 aliphatic rings. The van der Waals surface area contributed by atoms with Gasteiger partial charge in [0.2, 0.25) is 0 Å². The molecule has 1 saturated heterocycles. The molecular weight excluding hydrogens is 152 g/mol. The van der Waals surface area contributed by atoms with Crippen LogP contribution in [0.15, 0.2) is 30.3 Å². The first-order valence-corrected chi connectivity index (χ1v) is 4.11. The molecule has 0 radical (unpaired) electrons. The van der Waals surface area contributed by atoms with Crippen LogP contribution in [-0.4, -0.2) is 19.8 Å². The van der Waals surface area contributed by atoms with Gasteiger partial charge in [0.15, 0.2) is 0 Å². The first kappa shape index (κ1) is 7.77. The second-order valence-corrected chi connectivity index (χ2v) is 2.96. The average molecular weight is 164 g/mol. The molecule has 0 spiro atoms. The summed E-state index contributed by atoms with van der Waals surface area (Å²) in [4.78, 5) is 0. The summed E-state index contributed by atoms with van der Waals surface area (Å²) in [5.41, 5.74) is 1.25. The fourth-order valence-electron chi connectivity index (χ4n) is 1.37. The lowest BCUT2D eigenvalue weighted by Gasteiger charge is -1.93. The van der Waals surface area contributed by atoms with Crippen LogP contribution in [0.1, 0.15) is 11.7 Å². The van der Waals surface area contributed by atoms with Gasteiger partial charge in [-0.15, -0.1) is 0 Å². The zero-order chi connectivity index (χ0) is 8.39. The van der Waals surface area contributed by atoms with Crippen LogP contribution in [0.25, 0.3) is 0 Å². The standard InChI is InChI=1S/C10H12O2/c1-11-7-9-10(12-9)8-5-3-2-4-6-8/h2-6,9-10H,7H2,1H3/t9-,10+/m0/s1. The third-order valence-electron chi connectivity index (χ3n) is 2.04. The van der Waals surface area contributed by atoms with E-state index in [-0.39, 0.29) is 12.2 Å². The van der Waals surface area contributed by atoms with E-state index < -0.39 is 0 Å². The summed E-state index contributed by atoms with van der Waals surface area (Å²) in [6, 6.07) is 10.2. The summed E-state index contributed by atoms with van der Waals surface area (Å²) < 4.78 is 10.4. The molecule has 0 bridgehead atoms. The van der Waals surface area contributed by atoms with E-state index in [4.69, 9.17) is 9.47 Å². The highest BCUT2D eigenvalue weighted by molar-refractivity contribution is 5.22. The van der Waals surface area contributed by atoms with Crippen molar-refractivity contribution in [3.63, 3.8) is 0 Å². The fourth-order valence-corrected chi connectivity index (χ4v) is 1.37. The van der Waals surface area contributed by atoms with E-state index in [1.54, 1.807) is 7.11 Å². The lowest BCUT2D eigenvalue weighted by Crippen LogP contribution is -1.98. The van der Waals surface area contributed by atoms with E-state index in [2.05, 4.69) is 12.1 Å². The SMILES string of the molecule is COC[C@@H]1O[C@@H]1c1ccccc1. The minimum Gasteiger partial charge on any atom is -0.382 e. The van der Waals surface area contributed by atoms with Gasteiger partial charge in [-0.05, 0) is 5.56 Å². The highest BCUT2D eigenvalue weighted by Gasteiger charge is 2.39. The molecule has 1 aromatic carbocycles. The molecule has 0 N–H and O–H groups in total. The van der Waals surface area contributed by atoms with Crippen LogP contribution < -0.4 is 0 Å². The smallest absolute Gasteiger partial charge is 0.112 e. The molecule has 0 amide bonds. The van der Waals surface area contributed by atoms with Crippen LogP contribution in [0.2, 0.25) is 0 Å². The first-order chi connectivity index (χ1) is 5.92. The van der Waals surface area contributed by atoms with Crippen molar-refractivity contribution in [1.29, 1.82) is 0 Å². The Kier molecular flexibility index (Phi) is 2.11. The van der Waals surface area contributed by atoms with Crippen molar-refractivity contribution in [3.8, 4) is 0 Å². The van der Waals surface area contributed by atoms with E-state index in [0.29, 0.717) is 6.61 Å². The van der Waals surface area contributed by atoms with Crippen molar-refractivity contribution in [2.75, 3.05) is 13.7 Å². The van der Waals surface area contributed by atoms with Crippen molar-refractivity contribution < 1.29 is 9.47 Å². The second-order valence-electron chi connectivity index (χ2n) is 2.96. The summed E-state index contributed by atoms with van der Waals surface area (Å²) in [5, 5.41) is 0. The van der Waals surface area contributed by atoms with Crippen LogP contribution in [0.5, 0.6) is 0 Å². The molecule has 1 fully saturated rings. The van der Waals surface area contributed by atoms with E-state index >= 15 is 0 Å². The van der Waals surface area contributed by atoms with Crippen molar-refractivity contribution in [2.45, 2.75) is 12.2 Å². The lowest BCUT2D eigenvalue weighted by atomic mass is 10.1. The quantitative estimate of drug-likeness (QED) is 0.635. The monoisotopic (exact) mass is 164 g/mol. The maximum Gasteiger partial charge on any atom is 0.112 e. The number of rotatable bonds is 3. The van der Waals surface area contributed by atoms with Crippen LogP contribution >= 0.6 is 0 Å². The van der Waals surface area contributed by atoms with Gasteiger partial charge in [-0.25, -0.2) is 0 Å². The summed E-state index contributed by atoms with van der Waals surface area (Å²) in [5.74, 6) is 0. The number of epoxide rings is 1. The van der Waals surface area contributed by atoms with Crippen molar-refractivity contribution >= 4 is 0 Å². The van der Waals surface area contributed by atoms with Crippen molar-refractivity contribution in [1.82, 2.24) is 0 Å². The molecule has 1 heterocycles. The molecule has 0 aromatic heterocycles. The summed E-state index contributed by atoms with van der Waals surface area (Å²) in [7, 11) is 1.70. The van der Waals surface area contributed by atoms with Gasteiger partial charge in [-0.1, -0.05) is 30.3 Å². The van der Waals surface area contributed by atoms with E-state index in [1.165, 1.54) is 5.56 Å². The topological polar surface area (TPSA) is 21.8 Å². The molecule has 64 valence electrons. The molecule has 2 nitrogen and oxygen atoms in total. The summed E-state index contributed by atoms with van der Waals surface area (Å²) in [6.07, 6.45) is 0.545. The van der Waals surface area contributed by atoms with Gasteiger partial charge in [-0.3, -0.25) is 0 Å². The zero-order valence-corrected chi connectivity index (χ0v) is 7.07. The maximum atomic E-state index is 5.42. The Morgan fingerprint density at radius 1 is 1.33 bits per heavy atom. The highest BCUT2D eigenvalue weighted by Crippen LogP contribution is 2.38. The van der Waals surface area contributed by atoms with Gasteiger partial charge < -0.3 is 9.47 Å². The fraction of sp³-hybridized carbons (Fsp3) is 0.400. The Bertz CT molecular complexity index is 245. The normalized spacial score (nSPS) is 27.1. The maximum absolute atomic E-state index is 5.42. The molecule has 2 heteroatoms. The minimum atomic E-state index is 0.270. The molecule has 1 aliphatic heterocycles. The lowest BCUT2D eigenvalue weighted by molar-refractivity contribution is 0.171. The van der Waals surface area contributed by atoms with Crippen LogP contribution in [0, 0.1) is 0 Å². The van der Waals surface area contributed by atoms with Crippen LogP contribution in [0.4, 0.5) is 0 Å².